The summed E-state index contributed by atoms with van der Waals surface area (Å²) in [6.07, 6.45) is 3.99. The molecule has 1 heterocycles. The van der Waals surface area contributed by atoms with Crippen LogP contribution in [0.1, 0.15) is 43.0 Å². The zero-order chi connectivity index (χ0) is 16.3. The van der Waals surface area contributed by atoms with Gasteiger partial charge in [0, 0.05) is 17.6 Å². The molecule has 2 rings (SSSR count). The van der Waals surface area contributed by atoms with Crippen LogP contribution < -0.4 is 0 Å². The van der Waals surface area contributed by atoms with E-state index in [1.807, 2.05) is 0 Å². The third kappa shape index (κ3) is 3.70. The average molecular weight is 390 g/mol. The van der Waals surface area contributed by atoms with Crippen LogP contribution in [0.4, 0.5) is 0 Å². The van der Waals surface area contributed by atoms with E-state index in [0.717, 1.165) is 25.7 Å². The van der Waals surface area contributed by atoms with E-state index in [2.05, 4.69) is 22.9 Å². The highest BCUT2D eigenvalue weighted by molar-refractivity contribution is 9.10. The maximum absolute atomic E-state index is 12.7. The Bertz CT molecular complexity index is 652. The topological polar surface area (TPSA) is 74.7 Å². The number of piperidine rings is 1. The van der Waals surface area contributed by atoms with Crippen LogP contribution in [0.2, 0.25) is 0 Å². The lowest BCUT2D eigenvalue weighted by Crippen LogP contribution is -2.38. The van der Waals surface area contributed by atoms with Crippen LogP contribution in [0.25, 0.3) is 0 Å². The van der Waals surface area contributed by atoms with Crippen LogP contribution in [0, 0.1) is 5.92 Å². The van der Waals surface area contributed by atoms with E-state index in [1.165, 1.54) is 22.5 Å². The number of benzene rings is 1. The standard InChI is InChI=1S/C15H20BrNO4S/c1-2-3-11-6-8-17(9-7-11)22(20,21)12-4-5-14(16)13(10-12)15(18)19/h4-5,10-11H,2-3,6-9H2,1H3,(H,18,19). The van der Waals surface area contributed by atoms with Crippen LogP contribution in [0.15, 0.2) is 27.6 Å². The van der Waals surface area contributed by atoms with E-state index in [9.17, 15) is 13.2 Å². The third-order valence-corrected chi connectivity index (χ3v) is 6.66. The predicted octanol–water partition coefficient (Wildman–Crippen LogP) is 3.35. The lowest BCUT2D eigenvalue weighted by Gasteiger charge is -2.31. The first kappa shape index (κ1) is 17.4. The second-order valence-corrected chi connectivity index (χ2v) is 8.38. The van der Waals surface area contributed by atoms with Gasteiger partial charge in [-0.2, -0.15) is 4.31 Å². The van der Waals surface area contributed by atoms with Gasteiger partial charge in [0.15, 0.2) is 0 Å². The summed E-state index contributed by atoms with van der Waals surface area (Å²) in [5.74, 6) is -0.554. The monoisotopic (exact) mass is 389 g/mol. The van der Waals surface area contributed by atoms with Crippen LogP contribution in [0.3, 0.4) is 0 Å². The Morgan fingerprint density at radius 2 is 2.00 bits per heavy atom. The minimum Gasteiger partial charge on any atom is -0.478 e. The van der Waals surface area contributed by atoms with Gasteiger partial charge < -0.3 is 5.11 Å². The quantitative estimate of drug-likeness (QED) is 0.837. The summed E-state index contributed by atoms with van der Waals surface area (Å²) in [4.78, 5) is 11.2. The van der Waals surface area contributed by atoms with E-state index in [0.29, 0.717) is 23.5 Å². The van der Waals surface area contributed by atoms with Crippen molar-refractivity contribution in [2.45, 2.75) is 37.5 Å². The van der Waals surface area contributed by atoms with E-state index in [-0.39, 0.29) is 10.5 Å². The molecule has 5 nitrogen and oxygen atoms in total. The second-order valence-electron chi connectivity index (χ2n) is 5.58. The van der Waals surface area contributed by atoms with Crippen molar-refractivity contribution in [3.05, 3.63) is 28.2 Å². The van der Waals surface area contributed by atoms with Crippen molar-refractivity contribution in [3.63, 3.8) is 0 Å². The number of rotatable bonds is 5. The van der Waals surface area contributed by atoms with Crippen molar-refractivity contribution in [1.29, 1.82) is 0 Å². The normalized spacial score (nSPS) is 17.5. The van der Waals surface area contributed by atoms with Gasteiger partial charge in [-0.25, -0.2) is 13.2 Å². The summed E-state index contributed by atoms with van der Waals surface area (Å²) < 4.78 is 27.2. The fourth-order valence-electron chi connectivity index (χ4n) is 2.82. The highest BCUT2D eigenvalue weighted by Gasteiger charge is 2.29. The lowest BCUT2D eigenvalue weighted by molar-refractivity contribution is 0.0695. The molecule has 1 fully saturated rings. The first-order chi connectivity index (χ1) is 10.4. The molecule has 0 aromatic heterocycles. The molecular formula is C15H20BrNO4S. The summed E-state index contributed by atoms with van der Waals surface area (Å²) in [6.45, 7) is 3.15. The maximum Gasteiger partial charge on any atom is 0.336 e. The molecule has 7 heteroatoms. The highest BCUT2D eigenvalue weighted by Crippen LogP contribution is 2.28. The van der Waals surface area contributed by atoms with Gasteiger partial charge in [0.25, 0.3) is 0 Å². The largest absolute Gasteiger partial charge is 0.478 e. The number of aromatic carboxylic acids is 1. The summed E-state index contributed by atoms with van der Waals surface area (Å²) in [5.41, 5.74) is -0.0399. The molecule has 1 aromatic rings. The van der Waals surface area contributed by atoms with Crippen molar-refractivity contribution >= 4 is 31.9 Å². The number of carboxylic acids is 1. The van der Waals surface area contributed by atoms with E-state index in [1.54, 1.807) is 0 Å². The molecule has 1 aliphatic rings. The molecule has 0 saturated carbocycles. The number of nitrogens with zero attached hydrogens (tertiary/aromatic N) is 1. The summed E-state index contributed by atoms with van der Waals surface area (Å²) in [6, 6.07) is 4.14. The van der Waals surface area contributed by atoms with Gasteiger partial charge in [-0.1, -0.05) is 19.8 Å². The van der Waals surface area contributed by atoms with Crippen molar-refractivity contribution in [1.82, 2.24) is 4.31 Å². The van der Waals surface area contributed by atoms with Gasteiger partial charge in [-0.05, 0) is 52.9 Å². The van der Waals surface area contributed by atoms with Crippen LogP contribution >= 0.6 is 15.9 Å². The van der Waals surface area contributed by atoms with Gasteiger partial charge >= 0.3 is 5.97 Å². The molecule has 1 saturated heterocycles. The number of halogens is 1. The molecule has 0 aliphatic carbocycles. The zero-order valence-corrected chi connectivity index (χ0v) is 14.9. The molecule has 0 bridgehead atoms. The highest BCUT2D eigenvalue weighted by atomic mass is 79.9. The molecule has 0 amide bonds. The SMILES string of the molecule is CCCC1CCN(S(=O)(=O)c2ccc(Br)c(C(=O)O)c2)CC1. The predicted molar refractivity (Wildman–Crippen MR) is 87.5 cm³/mol. The van der Waals surface area contributed by atoms with Crippen molar-refractivity contribution in [2.75, 3.05) is 13.1 Å². The number of hydrogen-bond donors (Lipinski definition) is 1. The molecule has 0 radical (unpaired) electrons. The summed E-state index contributed by atoms with van der Waals surface area (Å²) in [5, 5.41) is 9.12. The molecule has 1 N–H and O–H groups in total. The third-order valence-electron chi connectivity index (χ3n) is 4.08. The maximum atomic E-state index is 12.7. The minimum atomic E-state index is -3.62. The fourth-order valence-corrected chi connectivity index (χ4v) is 4.74. The van der Waals surface area contributed by atoms with Crippen LogP contribution in [-0.4, -0.2) is 36.9 Å². The van der Waals surface area contributed by atoms with Gasteiger partial charge in [0.2, 0.25) is 10.0 Å². The van der Waals surface area contributed by atoms with Crippen LogP contribution in [0.5, 0.6) is 0 Å². The Kier molecular flexibility index (Phi) is 5.63. The van der Waals surface area contributed by atoms with Gasteiger partial charge in [-0.3, -0.25) is 0 Å². The lowest BCUT2D eigenvalue weighted by atomic mass is 9.94. The smallest absolute Gasteiger partial charge is 0.336 e. The Hall–Kier alpha value is -0.920. The molecule has 1 aliphatic heterocycles. The fraction of sp³-hybridized carbons (Fsp3) is 0.533. The Morgan fingerprint density at radius 1 is 1.36 bits per heavy atom. The molecule has 22 heavy (non-hydrogen) atoms. The van der Waals surface area contributed by atoms with E-state index >= 15 is 0 Å². The van der Waals surface area contributed by atoms with E-state index < -0.39 is 16.0 Å². The molecule has 0 unspecified atom stereocenters. The summed E-state index contributed by atoms with van der Waals surface area (Å²) in [7, 11) is -3.62. The zero-order valence-electron chi connectivity index (χ0n) is 12.5. The average Bonchev–Trinajstić information content (AvgIpc) is 2.48. The molecule has 1 aromatic carbocycles. The Labute approximate surface area is 139 Å². The molecular weight excluding hydrogens is 370 g/mol. The number of sulfonamides is 1. The first-order valence-electron chi connectivity index (χ1n) is 7.39. The van der Waals surface area contributed by atoms with Gasteiger partial charge in [0.1, 0.15) is 0 Å². The molecule has 0 atom stereocenters. The number of carboxylic acid groups (broad SMARTS) is 1. The Morgan fingerprint density at radius 3 is 2.55 bits per heavy atom. The first-order valence-corrected chi connectivity index (χ1v) is 9.62. The van der Waals surface area contributed by atoms with Crippen LogP contribution in [-0.2, 0) is 10.0 Å². The number of hydrogen-bond acceptors (Lipinski definition) is 3. The van der Waals surface area contributed by atoms with Crippen molar-refractivity contribution in [3.8, 4) is 0 Å². The second kappa shape index (κ2) is 7.10. The van der Waals surface area contributed by atoms with Gasteiger partial charge in [0.05, 0.1) is 10.5 Å². The minimum absolute atomic E-state index is 0.0399. The van der Waals surface area contributed by atoms with Gasteiger partial charge in [-0.15, -0.1) is 0 Å². The van der Waals surface area contributed by atoms with Crippen molar-refractivity contribution < 1.29 is 18.3 Å². The van der Waals surface area contributed by atoms with E-state index in [4.69, 9.17) is 5.11 Å². The molecule has 122 valence electrons. The number of carbonyl (C=O) groups is 1. The molecule has 0 spiro atoms. The summed E-state index contributed by atoms with van der Waals surface area (Å²) >= 11 is 3.13. The van der Waals surface area contributed by atoms with Crippen molar-refractivity contribution in [2.24, 2.45) is 5.92 Å². The Balaban J connectivity index is 2.21.